The minimum atomic E-state index is -1.81. The number of fused-ring (bicyclic) bond motifs is 5. The van der Waals surface area contributed by atoms with Crippen LogP contribution in [0.3, 0.4) is 0 Å². The minimum Gasteiger partial charge on any atom is -0.394 e. The summed E-state index contributed by atoms with van der Waals surface area (Å²) < 4.78 is 48.9. The van der Waals surface area contributed by atoms with Crippen molar-refractivity contribution in [3.8, 4) is 0 Å². The number of hydrogen-bond donors (Lipinski definition) is 14. The van der Waals surface area contributed by atoms with E-state index in [1.165, 1.54) is 0 Å². The predicted molar refractivity (Wildman–Crippen MR) is 260 cm³/mol. The van der Waals surface area contributed by atoms with Gasteiger partial charge >= 0.3 is 0 Å². The molecule has 0 aromatic rings. The molecule has 75 heavy (non-hydrogen) atoms. The standard InChI is InChI=1S/C53H90O22/c1-23(2)10-9-14-53(8,75-47-43(67)39(63)37(61)29(72-47)22-68-45-41(65)36(60)28(21-56)69-45)24-11-16-52(7)33(24)25(57)18-31-50(5)15-13-32(49(3,4)30(50)12-17-51(31,52)6)73-48-44(40(64)35(59)27(20-55)71-48)74-46-42(66)38(62)34(58)26(19-54)70-46/h10,24-48,54-67H,9,11-22H2,1-8H3/t24-,25+,26+,27+,28-,29+,30-,31?,32-,33-,34+,35+,36-,37+,38-,39-,40-,41+,42+,43+,44+,45+,46-,47-,48-,50-,51+,52+,53-/m0/s1. The summed E-state index contributed by atoms with van der Waals surface area (Å²) in [5, 5.41) is 151. The molecule has 0 spiro atoms. The second kappa shape index (κ2) is 22.7. The van der Waals surface area contributed by atoms with E-state index >= 15 is 0 Å². The first-order valence-electron chi connectivity index (χ1n) is 27.3. The first-order valence-corrected chi connectivity index (χ1v) is 27.3. The Labute approximate surface area is 439 Å². The molecule has 8 rings (SSSR count). The average Bonchev–Trinajstić information content (AvgIpc) is 3.89. The van der Waals surface area contributed by atoms with E-state index in [0.29, 0.717) is 38.5 Å². The molecule has 0 radical (unpaired) electrons. The van der Waals surface area contributed by atoms with Crippen LogP contribution >= 0.6 is 0 Å². The van der Waals surface area contributed by atoms with Crippen LogP contribution < -0.4 is 0 Å². The van der Waals surface area contributed by atoms with Gasteiger partial charge in [-0.05, 0) is 124 Å². The zero-order valence-corrected chi connectivity index (χ0v) is 44.7. The number of rotatable bonds is 16. The van der Waals surface area contributed by atoms with Gasteiger partial charge in [-0.25, -0.2) is 0 Å². The Hall–Kier alpha value is -1.14. The molecule has 0 aromatic heterocycles. The Bertz CT molecular complexity index is 1940. The third-order valence-electron chi connectivity index (χ3n) is 20.5. The molecule has 0 aromatic carbocycles. The van der Waals surface area contributed by atoms with Gasteiger partial charge in [0.1, 0.15) is 91.6 Å². The lowest BCUT2D eigenvalue weighted by atomic mass is 9.35. The Kier molecular flexibility index (Phi) is 18.1. The molecule has 434 valence electrons. The molecule has 1 unspecified atom stereocenters. The molecule has 0 amide bonds. The van der Waals surface area contributed by atoms with Gasteiger partial charge in [-0.3, -0.25) is 0 Å². The van der Waals surface area contributed by atoms with Crippen LogP contribution in [0.4, 0.5) is 0 Å². The molecule has 8 aliphatic rings. The fourth-order valence-corrected chi connectivity index (χ4v) is 16.1. The van der Waals surface area contributed by atoms with Crippen LogP contribution in [0.1, 0.15) is 113 Å². The van der Waals surface area contributed by atoms with Crippen LogP contribution in [0.15, 0.2) is 11.6 Å². The van der Waals surface area contributed by atoms with E-state index in [0.717, 1.165) is 24.8 Å². The summed E-state index contributed by atoms with van der Waals surface area (Å²) in [5.41, 5.74) is -1.47. The lowest BCUT2D eigenvalue weighted by molar-refractivity contribution is -0.378. The van der Waals surface area contributed by atoms with E-state index in [2.05, 4.69) is 40.7 Å². The van der Waals surface area contributed by atoms with Crippen LogP contribution in [-0.4, -0.2) is 232 Å². The van der Waals surface area contributed by atoms with Crippen molar-refractivity contribution in [3.05, 3.63) is 11.6 Å². The topological polar surface area (TPSA) is 357 Å². The molecule has 29 atom stereocenters. The zero-order valence-electron chi connectivity index (χ0n) is 44.7. The van der Waals surface area contributed by atoms with E-state index in [1.54, 1.807) is 0 Å². The molecule has 4 saturated carbocycles. The molecule has 22 nitrogen and oxygen atoms in total. The Morgan fingerprint density at radius 1 is 0.560 bits per heavy atom. The van der Waals surface area contributed by atoms with E-state index in [-0.39, 0.29) is 34.5 Å². The van der Waals surface area contributed by atoms with Crippen LogP contribution in [0, 0.1) is 45.3 Å². The van der Waals surface area contributed by atoms with E-state index < -0.39 is 172 Å². The summed E-state index contributed by atoms with van der Waals surface area (Å²) >= 11 is 0. The van der Waals surface area contributed by atoms with Crippen molar-refractivity contribution in [1.82, 2.24) is 0 Å². The quantitative estimate of drug-likeness (QED) is 0.0614. The van der Waals surface area contributed by atoms with Crippen molar-refractivity contribution in [2.75, 3.05) is 26.4 Å². The molecule has 22 heteroatoms. The minimum absolute atomic E-state index is 0.0508. The van der Waals surface area contributed by atoms with Gasteiger partial charge in [-0.1, -0.05) is 46.3 Å². The fourth-order valence-electron chi connectivity index (χ4n) is 16.1. The maximum absolute atomic E-state index is 12.8. The third kappa shape index (κ3) is 10.5. The Morgan fingerprint density at radius 3 is 1.69 bits per heavy atom. The maximum Gasteiger partial charge on any atom is 0.187 e. The van der Waals surface area contributed by atoms with Crippen molar-refractivity contribution in [2.24, 2.45) is 45.3 Å². The average molecular weight is 1080 g/mol. The van der Waals surface area contributed by atoms with Crippen LogP contribution in [0.2, 0.25) is 0 Å². The van der Waals surface area contributed by atoms with E-state index in [9.17, 15) is 71.5 Å². The SMILES string of the molecule is CC(C)=CCC[C@](C)(O[C@@H]1O[C@H](CO[C@@H]2O[C@@H](CO)[C@H](O)[C@H]2O)[C@@H](O)[C@H](O)[C@H]1O)[C@H]1CC[C@]2(C)[C@@H]1[C@H](O)CC1[C@@]3(C)CC[C@H](O[C@@H]4O[C@H](CO)[C@@H](O)[C@H](O)[C@H]4O[C@@H]4O[C@H](CO)[C@@H](O)[C@H](O)[C@H]4O)C(C)(C)[C@@H]3CC[C@]12C. The highest BCUT2D eigenvalue weighted by atomic mass is 16.8. The summed E-state index contributed by atoms with van der Waals surface area (Å²) in [5.74, 6) is -0.394. The summed E-state index contributed by atoms with van der Waals surface area (Å²) in [6, 6.07) is 0. The second-order valence-electron chi connectivity index (χ2n) is 25.3. The van der Waals surface area contributed by atoms with Crippen LogP contribution in [-0.2, 0) is 37.9 Å². The molecule has 4 heterocycles. The van der Waals surface area contributed by atoms with Gasteiger partial charge in [0.2, 0.25) is 0 Å². The lowest BCUT2D eigenvalue weighted by Crippen LogP contribution is -2.68. The maximum atomic E-state index is 12.8. The monoisotopic (exact) mass is 1080 g/mol. The summed E-state index contributed by atoms with van der Waals surface area (Å²) in [4.78, 5) is 0. The van der Waals surface area contributed by atoms with Crippen molar-refractivity contribution >= 4 is 0 Å². The zero-order chi connectivity index (χ0) is 55.1. The van der Waals surface area contributed by atoms with Gasteiger partial charge in [0.05, 0.1) is 44.2 Å². The van der Waals surface area contributed by atoms with Crippen molar-refractivity contribution in [3.63, 3.8) is 0 Å². The first kappa shape index (κ1) is 60.0. The molecule has 8 fully saturated rings. The summed E-state index contributed by atoms with van der Waals surface area (Å²) in [6.07, 6.45) is -22.1. The fraction of sp³-hybridized carbons (Fsp3) is 0.962. The summed E-state index contributed by atoms with van der Waals surface area (Å²) in [6.45, 7) is 14.9. The van der Waals surface area contributed by atoms with Crippen molar-refractivity contribution < 1.29 is 109 Å². The highest BCUT2D eigenvalue weighted by molar-refractivity contribution is 5.20. The number of hydrogen-bond acceptors (Lipinski definition) is 22. The Balaban J connectivity index is 1.01. The van der Waals surface area contributed by atoms with Gasteiger partial charge in [0.15, 0.2) is 25.2 Å². The van der Waals surface area contributed by atoms with Crippen molar-refractivity contribution in [2.45, 2.75) is 248 Å². The first-order chi connectivity index (χ1) is 35.1. The molecule has 4 aliphatic heterocycles. The van der Waals surface area contributed by atoms with Crippen LogP contribution in [0.5, 0.6) is 0 Å². The molecule has 14 N–H and O–H groups in total. The number of allylic oxidation sites excluding steroid dienone is 2. The van der Waals surface area contributed by atoms with E-state index in [1.807, 2.05) is 20.8 Å². The normalized spacial score (nSPS) is 52.6. The molecule has 0 bridgehead atoms. The second-order valence-corrected chi connectivity index (χ2v) is 25.3. The smallest absolute Gasteiger partial charge is 0.187 e. The molecule has 4 saturated heterocycles. The van der Waals surface area contributed by atoms with E-state index in [4.69, 9.17) is 37.9 Å². The number of aliphatic hydroxyl groups excluding tert-OH is 14. The van der Waals surface area contributed by atoms with Gasteiger partial charge in [0, 0.05) is 0 Å². The summed E-state index contributed by atoms with van der Waals surface area (Å²) in [7, 11) is 0. The van der Waals surface area contributed by atoms with Gasteiger partial charge in [-0.2, -0.15) is 0 Å². The largest absolute Gasteiger partial charge is 0.394 e. The van der Waals surface area contributed by atoms with Gasteiger partial charge in [0.25, 0.3) is 0 Å². The molecular weight excluding hydrogens is 989 g/mol. The molecular formula is C53H90O22. The number of aliphatic hydroxyl groups is 14. The highest BCUT2D eigenvalue weighted by Crippen LogP contribution is 2.76. The predicted octanol–water partition coefficient (Wildman–Crippen LogP) is -1.56. The van der Waals surface area contributed by atoms with Crippen molar-refractivity contribution in [1.29, 1.82) is 0 Å². The third-order valence-corrected chi connectivity index (χ3v) is 20.5. The lowest BCUT2D eigenvalue weighted by Gasteiger charge is -2.71. The number of ether oxygens (including phenoxy) is 8. The molecule has 4 aliphatic carbocycles. The van der Waals surface area contributed by atoms with Gasteiger partial charge in [-0.15, -0.1) is 0 Å². The Morgan fingerprint density at radius 2 is 1.08 bits per heavy atom. The van der Waals surface area contributed by atoms with Crippen LogP contribution in [0.25, 0.3) is 0 Å². The van der Waals surface area contributed by atoms with Gasteiger partial charge < -0.3 is 109 Å². The highest BCUT2D eigenvalue weighted by Gasteiger charge is 2.72.